The Balaban J connectivity index is 0.000000371. The average Bonchev–Trinajstić information content (AvgIpc) is 1.90. The Morgan fingerprint density at radius 3 is 1.90 bits per heavy atom. The minimum Gasteiger partial charge on any atom is -0.130 e. The zero-order valence-corrected chi connectivity index (χ0v) is 7.19. The van der Waals surface area contributed by atoms with Crippen LogP contribution in [0.1, 0.15) is 46.0 Å². The van der Waals surface area contributed by atoms with Gasteiger partial charge in [-0.1, -0.05) is 20.3 Å². The predicted octanol–water partition coefficient (Wildman–Crippen LogP) is 3.69. The maximum atomic E-state index is 3.14. The third-order valence-corrected chi connectivity index (χ3v) is 1.43. The lowest BCUT2D eigenvalue weighted by molar-refractivity contribution is 0.691. The van der Waals surface area contributed by atoms with Gasteiger partial charge in [-0.15, -0.1) is 5.73 Å². The first-order valence-electron chi connectivity index (χ1n) is 4.39. The molecule has 10 heavy (non-hydrogen) atoms. The van der Waals surface area contributed by atoms with Gasteiger partial charge in [0.15, 0.2) is 0 Å². The quantitative estimate of drug-likeness (QED) is 0.448. The van der Waals surface area contributed by atoms with Gasteiger partial charge in [-0.05, 0) is 37.8 Å². The van der Waals surface area contributed by atoms with Crippen LogP contribution in [0.3, 0.4) is 0 Å². The van der Waals surface area contributed by atoms with Gasteiger partial charge in [0.05, 0.1) is 0 Å². The minimum absolute atomic E-state index is 1.23. The molecule has 0 heterocycles. The van der Waals surface area contributed by atoms with E-state index < -0.39 is 0 Å². The van der Waals surface area contributed by atoms with Crippen molar-refractivity contribution in [3.8, 4) is 0 Å². The lowest BCUT2D eigenvalue weighted by Crippen LogP contribution is -1.76. The summed E-state index contributed by atoms with van der Waals surface area (Å²) < 4.78 is 0. The van der Waals surface area contributed by atoms with Crippen molar-refractivity contribution in [3.63, 3.8) is 0 Å². The molecule has 0 saturated carbocycles. The summed E-state index contributed by atoms with van der Waals surface area (Å²) in [7, 11) is 0. The second-order valence-corrected chi connectivity index (χ2v) is 2.21. The van der Waals surface area contributed by atoms with Crippen LogP contribution in [0.2, 0.25) is 0 Å². The van der Waals surface area contributed by atoms with E-state index in [1.165, 1.54) is 32.1 Å². The van der Waals surface area contributed by atoms with E-state index in [-0.39, 0.29) is 0 Å². The molecule has 1 aliphatic carbocycles. The summed E-state index contributed by atoms with van der Waals surface area (Å²) in [5.74, 6) is 0. The molecule has 0 aromatic heterocycles. The second kappa shape index (κ2) is 8.52. The van der Waals surface area contributed by atoms with E-state index in [0.717, 1.165) is 0 Å². The molecule has 1 aliphatic rings. The molecular weight excluding hydrogens is 120 g/mol. The molecule has 1 rings (SSSR count). The summed E-state index contributed by atoms with van der Waals surface area (Å²) in [6, 6.07) is 0. The molecule has 0 heteroatoms. The lowest BCUT2D eigenvalue weighted by Gasteiger charge is -1.95. The highest BCUT2D eigenvalue weighted by atomic mass is 13.9. The van der Waals surface area contributed by atoms with Crippen molar-refractivity contribution in [2.75, 3.05) is 0 Å². The Hall–Kier alpha value is -0.480. The van der Waals surface area contributed by atoms with Gasteiger partial charge in [0.1, 0.15) is 0 Å². The van der Waals surface area contributed by atoms with Crippen molar-refractivity contribution in [3.05, 3.63) is 17.9 Å². The molecule has 0 saturated heterocycles. The number of rotatable bonds is 0. The Morgan fingerprint density at radius 1 is 0.900 bits per heavy atom. The molecule has 0 aromatic rings. The number of hydrogen-bond acceptors (Lipinski definition) is 0. The zero-order valence-electron chi connectivity index (χ0n) is 7.19. The molecule has 0 bridgehead atoms. The summed E-state index contributed by atoms with van der Waals surface area (Å²) in [6.45, 7) is 4.00. The summed E-state index contributed by atoms with van der Waals surface area (Å²) >= 11 is 0. The van der Waals surface area contributed by atoms with Gasteiger partial charge < -0.3 is 0 Å². The van der Waals surface area contributed by atoms with Crippen LogP contribution in [0, 0.1) is 0 Å². The van der Waals surface area contributed by atoms with Crippen molar-refractivity contribution in [2.24, 2.45) is 0 Å². The molecule has 0 N–H and O–H groups in total. The van der Waals surface area contributed by atoms with Crippen LogP contribution in [-0.4, -0.2) is 0 Å². The van der Waals surface area contributed by atoms with E-state index in [1.807, 2.05) is 13.8 Å². The van der Waals surface area contributed by atoms with E-state index in [1.54, 1.807) is 0 Å². The highest BCUT2D eigenvalue weighted by Gasteiger charge is 1.86. The van der Waals surface area contributed by atoms with Gasteiger partial charge in [0.2, 0.25) is 0 Å². The first-order chi connectivity index (χ1) is 5.00. The standard InChI is InChI=1S/C8H12.C2H6/c1-2-4-6-8-7-5-3-1;1-2/h1,5H,2,4,6-8H2;1-2H3. The molecule has 0 nitrogen and oxygen atoms in total. The molecule has 0 atom stereocenters. The molecule has 0 unspecified atom stereocenters. The lowest BCUT2D eigenvalue weighted by atomic mass is 10.1. The van der Waals surface area contributed by atoms with Crippen LogP contribution in [0.4, 0.5) is 0 Å². The SMILES string of the molecule is C1=CCCCCCC=1.CC. The van der Waals surface area contributed by atoms with Crippen LogP contribution in [-0.2, 0) is 0 Å². The molecule has 0 fully saturated rings. The molecule has 0 spiro atoms. The Labute approximate surface area is 64.6 Å². The number of hydrogen-bond donors (Lipinski definition) is 0. The Bertz CT molecular complexity index is 95.2. The fourth-order valence-corrected chi connectivity index (χ4v) is 0.920. The normalized spacial score (nSPS) is 16.6. The van der Waals surface area contributed by atoms with Gasteiger partial charge in [0.25, 0.3) is 0 Å². The minimum atomic E-state index is 1.23. The molecular formula is C10H18. The smallest absolute Gasteiger partial charge is 0.0274 e. The van der Waals surface area contributed by atoms with E-state index in [4.69, 9.17) is 0 Å². The average molecular weight is 138 g/mol. The van der Waals surface area contributed by atoms with E-state index in [2.05, 4.69) is 17.9 Å². The maximum absolute atomic E-state index is 3.14. The third-order valence-electron chi connectivity index (χ3n) is 1.43. The van der Waals surface area contributed by atoms with Gasteiger partial charge in [-0.25, -0.2) is 0 Å². The van der Waals surface area contributed by atoms with Crippen LogP contribution in [0.15, 0.2) is 17.9 Å². The second-order valence-electron chi connectivity index (χ2n) is 2.21. The maximum Gasteiger partial charge on any atom is -0.0274 e. The summed E-state index contributed by atoms with van der Waals surface area (Å²) in [5, 5.41) is 0. The third kappa shape index (κ3) is 5.65. The monoisotopic (exact) mass is 138 g/mol. The van der Waals surface area contributed by atoms with Crippen molar-refractivity contribution in [2.45, 2.75) is 46.0 Å². The summed E-state index contributed by atoms with van der Waals surface area (Å²) in [5.41, 5.74) is 3.14. The van der Waals surface area contributed by atoms with E-state index in [0.29, 0.717) is 0 Å². The summed E-state index contributed by atoms with van der Waals surface area (Å²) in [6.07, 6.45) is 10.9. The molecule has 0 aliphatic heterocycles. The fourth-order valence-electron chi connectivity index (χ4n) is 0.920. The largest absolute Gasteiger partial charge is 0.130 e. The number of allylic oxidation sites excluding steroid dienone is 1. The van der Waals surface area contributed by atoms with Gasteiger partial charge >= 0.3 is 0 Å². The molecule has 0 aromatic carbocycles. The van der Waals surface area contributed by atoms with Gasteiger partial charge in [-0.3, -0.25) is 0 Å². The topological polar surface area (TPSA) is 0 Å². The van der Waals surface area contributed by atoms with E-state index in [9.17, 15) is 0 Å². The highest BCUT2D eigenvalue weighted by Crippen LogP contribution is 2.05. The molecule has 0 amide bonds. The van der Waals surface area contributed by atoms with Crippen LogP contribution < -0.4 is 0 Å². The van der Waals surface area contributed by atoms with Gasteiger partial charge in [-0.2, -0.15) is 0 Å². The predicted molar refractivity (Wildman–Crippen MR) is 47.1 cm³/mol. The van der Waals surface area contributed by atoms with Crippen LogP contribution in [0.5, 0.6) is 0 Å². The first-order valence-corrected chi connectivity index (χ1v) is 4.39. The Kier molecular flexibility index (Phi) is 8.11. The van der Waals surface area contributed by atoms with Gasteiger partial charge in [0, 0.05) is 0 Å². The van der Waals surface area contributed by atoms with Crippen LogP contribution in [0.25, 0.3) is 0 Å². The molecule has 0 radical (unpaired) electrons. The van der Waals surface area contributed by atoms with Crippen molar-refractivity contribution in [1.29, 1.82) is 0 Å². The van der Waals surface area contributed by atoms with Crippen molar-refractivity contribution < 1.29 is 0 Å². The first kappa shape index (κ1) is 9.52. The van der Waals surface area contributed by atoms with Crippen LogP contribution >= 0.6 is 0 Å². The van der Waals surface area contributed by atoms with Crippen molar-refractivity contribution >= 4 is 0 Å². The van der Waals surface area contributed by atoms with Crippen molar-refractivity contribution in [1.82, 2.24) is 0 Å². The Morgan fingerprint density at radius 2 is 1.40 bits per heavy atom. The zero-order chi connectivity index (χ0) is 7.66. The fraction of sp³-hybridized carbons (Fsp3) is 0.700. The van der Waals surface area contributed by atoms with E-state index >= 15 is 0 Å². The summed E-state index contributed by atoms with van der Waals surface area (Å²) in [4.78, 5) is 0. The molecule has 58 valence electrons. The highest BCUT2D eigenvalue weighted by molar-refractivity contribution is 4.86.